The molecule has 1 fully saturated rings. The van der Waals surface area contributed by atoms with Crippen molar-refractivity contribution in [2.45, 2.75) is 39.5 Å². The van der Waals surface area contributed by atoms with Gasteiger partial charge in [-0.05, 0) is 39.3 Å². The third-order valence-corrected chi connectivity index (χ3v) is 3.41. The molecule has 1 atom stereocenters. The molecule has 0 aromatic heterocycles. The zero-order valence-corrected chi connectivity index (χ0v) is 11.0. The Bertz CT molecular complexity index is 266. The minimum Gasteiger partial charge on any atom is -0.355 e. The molecular weight excluding hydrogens is 216 g/mol. The highest BCUT2D eigenvalue weighted by atomic mass is 16.2. The van der Waals surface area contributed by atoms with Gasteiger partial charge in [0.05, 0.1) is 6.54 Å². The summed E-state index contributed by atoms with van der Waals surface area (Å²) in [5, 5.41) is 2.80. The molecule has 0 radical (unpaired) electrons. The normalized spacial score (nSPS) is 19.9. The van der Waals surface area contributed by atoms with Crippen molar-refractivity contribution >= 4 is 11.7 Å². The number of ketones is 1. The van der Waals surface area contributed by atoms with E-state index in [0.717, 1.165) is 38.8 Å². The van der Waals surface area contributed by atoms with Crippen LogP contribution in [0.5, 0.6) is 0 Å². The van der Waals surface area contributed by atoms with E-state index in [9.17, 15) is 9.59 Å². The molecule has 1 rings (SSSR count). The molecule has 0 aromatic rings. The summed E-state index contributed by atoms with van der Waals surface area (Å²) < 4.78 is 0. The largest absolute Gasteiger partial charge is 0.355 e. The standard InChI is InChI=1S/C13H24N2O2/c1-3-14-13(17)10-15(4-2)9-8-11-6-5-7-12(11)16/h11H,3-10H2,1-2H3,(H,14,17). The fourth-order valence-electron chi connectivity index (χ4n) is 2.34. The van der Waals surface area contributed by atoms with Crippen molar-refractivity contribution < 1.29 is 9.59 Å². The highest BCUT2D eigenvalue weighted by Gasteiger charge is 2.24. The van der Waals surface area contributed by atoms with Crippen molar-refractivity contribution in [2.24, 2.45) is 5.92 Å². The number of carbonyl (C=O) groups excluding carboxylic acids is 2. The van der Waals surface area contributed by atoms with Crippen molar-refractivity contribution in [3.05, 3.63) is 0 Å². The quantitative estimate of drug-likeness (QED) is 0.727. The second-order valence-electron chi connectivity index (χ2n) is 4.67. The molecule has 1 unspecified atom stereocenters. The minimum atomic E-state index is 0.0760. The van der Waals surface area contributed by atoms with E-state index in [1.54, 1.807) is 0 Å². The highest BCUT2D eigenvalue weighted by Crippen LogP contribution is 2.24. The number of nitrogens with one attached hydrogen (secondary N) is 1. The molecule has 4 nitrogen and oxygen atoms in total. The molecular formula is C13H24N2O2. The highest BCUT2D eigenvalue weighted by molar-refractivity contribution is 5.82. The Balaban J connectivity index is 2.26. The van der Waals surface area contributed by atoms with Crippen molar-refractivity contribution in [3.63, 3.8) is 0 Å². The van der Waals surface area contributed by atoms with Crippen molar-refractivity contribution in [3.8, 4) is 0 Å². The van der Waals surface area contributed by atoms with Gasteiger partial charge in [-0.2, -0.15) is 0 Å². The van der Waals surface area contributed by atoms with E-state index in [-0.39, 0.29) is 11.8 Å². The lowest BCUT2D eigenvalue weighted by atomic mass is 10.0. The van der Waals surface area contributed by atoms with Crippen LogP contribution >= 0.6 is 0 Å². The van der Waals surface area contributed by atoms with E-state index in [0.29, 0.717) is 18.9 Å². The van der Waals surface area contributed by atoms with Gasteiger partial charge in [-0.25, -0.2) is 0 Å². The van der Waals surface area contributed by atoms with Gasteiger partial charge >= 0.3 is 0 Å². The van der Waals surface area contributed by atoms with Crippen LogP contribution in [0.15, 0.2) is 0 Å². The number of Topliss-reactive ketones (excluding diaryl/α,β-unsaturated/α-hetero) is 1. The van der Waals surface area contributed by atoms with Crippen LogP contribution in [-0.2, 0) is 9.59 Å². The van der Waals surface area contributed by atoms with Crippen LogP contribution in [0.25, 0.3) is 0 Å². The molecule has 17 heavy (non-hydrogen) atoms. The maximum atomic E-state index is 11.5. The lowest BCUT2D eigenvalue weighted by molar-refractivity contribution is -0.122. The number of hydrogen-bond acceptors (Lipinski definition) is 3. The molecule has 0 heterocycles. The maximum absolute atomic E-state index is 11.5. The van der Waals surface area contributed by atoms with Crippen LogP contribution in [-0.4, -0.2) is 42.8 Å². The lowest BCUT2D eigenvalue weighted by Gasteiger charge is -2.21. The predicted octanol–water partition coefficient (Wildman–Crippen LogP) is 1.20. The molecule has 98 valence electrons. The smallest absolute Gasteiger partial charge is 0.234 e. The van der Waals surface area contributed by atoms with Gasteiger partial charge < -0.3 is 5.32 Å². The maximum Gasteiger partial charge on any atom is 0.234 e. The summed E-state index contributed by atoms with van der Waals surface area (Å²) in [6.07, 6.45) is 3.75. The van der Waals surface area contributed by atoms with Crippen LogP contribution < -0.4 is 5.32 Å². The van der Waals surface area contributed by atoms with E-state index in [2.05, 4.69) is 17.1 Å². The average molecular weight is 240 g/mol. The Morgan fingerprint density at radius 2 is 2.24 bits per heavy atom. The number of hydrogen-bond donors (Lipinski definition) is 1. The van der Waals surface area contributed by atoms with Crippen LogP contribution in [0.2, 0.25) is 0 Å². The first-order chi connectivity index (χ1) is 8.17. The number of likely N-dealkylation sites (N-methyl/N-ethyl adjacent to an activating group) is 2. The van der Waals surface area contributed by atoms with E-state index >= 15 is 0 Å². The first-order valence-electron chi connectivity index (χ1n) is 6.69. The Kier molecular flexibility index (Phi) is 6.19. The molecule has 0 bridgehead atoms. The molecule has 0 spiro atoms. The van der Waals surface area contributed by atoms with E-state index in [1.807, 2.05) is 6.92 Å². The van der Waals surface area contributed by atoms with Gasteiger partial charge in [0, 0.05) is 18.9 Å². The molecule has 1 aliphatic rings. The lowest BCUT2D eigenvalue weighted by Crippen LogP contribution is -2.38. The van der Waals surface area contributed by atoms with Crippen LogP contribution in [0, 0.1) is 5.92 Å². The van der Waals surface area contributed by atoms with Gasteiger partial charge in [0.25, 0.3) is 0 Å². The number of amides is 1. The van der Waals surface area contributed by atoms with Crippen molar-refractivity contribution in [1.29, 1.82) is 0 Å². The van der Waals surface area contributed by atoms with E-state index in [4.69, 9.17) is 0 Å². The second-order valence-corrected chi connectivity index (χ2v) is 4.67. The summed E-state index contributed by atoms with van der Waals surface area (Å²) in [4.78, 5) is 25.1. The summed E-state index contributed by atoms with van der Waals surface area (Å²) >= 11 is 0. The SMILES string of the molecule is CCNC(=O)CN(CC)CCC1CCCC1=O. The summed E-state index contributed by atoms with van der Waals surface area (Å²) in [5.74, 6) is 0.740. The summed E-state index contributed by atoms with van der Waals surface area (Å²) in [5.41, 5.74) is 0. The van der Waals surface area contributed by atoms with E-state index < -0.39 is 0 Å². The number of nitrogens with zero attached hydrogens (tertiary/aromatic N) is 1. The van der Waals surface area contributed by atoms with Crippen LogP contribution in [0.1, 0.15) is 39.5 Å². The minimum absolute atomic E-state index is 0.0760. The number of carbonyl (C=O) groups is 2. The molecule has 1 aliphatic carbocycles. The third kappa shape index (κ3) is 4.86. The monoisotopic (exact) mass is 240 g/mol. The predicted molar refractivity (Wildman–Crippen MR) is 67.8 cm³/mol. The molecule has 1 N–H and O–H groups in total. The average Bonchev–Trinajstić information content (AvgIpc) is 2.70. The molecule has 0 saturated heterocycles. The first-order valence-corrected chi connectivity index (χ1v) is 6.69. The topological polar surface area (TPSA) is 49.4 Å². The Hall–Kier alpha value is -0.900. The second kappa shape index (κ2) is 7.43. The summed E-state index contributed by atoms with van der Waals surface area (Å²) in [6, 6.07) is 0. The van der Waals surface area contributed by atoms with Gasteiger partial charge in [-0.1, -0.05) is 6.92 Å². The first kappa shape index (κ1) is 14.2. The summed E-state index contributed by atoms with van der Waals surface area (Å²) in [7, 11) is 0. The van der Waals surface area contributed by atoms with Crippen LogP contribution in [0.4, 0.5) is 0 Å². The molecule has 4 heteroatoms. The van der Waals surface area contributed by atoms with Gasteiger partial charge in [0.15, 0.2) is 0 Å². The molecule has 1 saturated carbocycles. The zero-order valence-electron chi connectivity index (χ0n) is 11.0. The van der Waals surface area contributed by atoms with Crippen molar-refractivity contribution in [2.75, 3.05) is 26.2 Å². The fourth-order valence-corrected chi connectivity index (χ4v) is 2.34. The van der Waals surface area contributed by atoms with Crippen molar-refractivity contribution in [1.82, 2.24) is 10.2 Å². The number of rotatable bonds is 7. The molecule has 0 aliphatic heterocycles. The Morgan fingerprint density at radius 1 is 1.47 bits per heavy atom. The van der Waals surface area contributed by atoms with Gasteiger partial charge in [-0.3, -0.25) is 14.5 Å². The Morgan fingerprint density at radius 3 is 2.76 bits per heavy atom. The molecule has 0 aromatic carbocycles. The van der Waals surface area contributed by atoms with Gasteiger partial charge in [0.1, 0.15) is 5.78 Å². The van der Waals surface area contributed by atoms with Gasteiger partial charge in [0.2, 0.25) is 5.91 Å². The summed E-state index contributed by atoms with van der Waals surface area (Å²) in [6.45, 7) is 6.81. The third-order valence-electron chi connectivity index (χ3n) is 3.41. The van der Waals surface area contributed by atoms with E-state index in [1.165, 1.54) is 0 Å². The fraction of sp³-hybridized carbons (Fsp3) is 0.846. The molecule has 1 amide bonds. The Labute approximate surface area is 104 Å². The van der Waals surface area contributed by atoms with Gasteiger partial charge in [-0.15, -0.1) is 0 Å². The van der Waals surface area contributed by atoms with Crippen LogP contribution in [0.3, 0.4) is 0 Å². The zero-order chi connectivity index (χ0) is 12.7.